The van der Waals surface area contributed by atoms with E-state index in [1.165, 1.54) is 6.20 Å². The fourth-order valence-electron chi connectivity index (χ4n) is 1.31. The average molecular weight is 287 g/mol. The Morgan fingerprint density at radius 1 is 1.37 bits per heavy atom. The number of aromatic nitrogens is 2. The molecule has 6 heteroatoms. The van der Waals surface area contributed by atoms with Gasteiger partial charge in [-0.3, -0.25) is 0 Å². The van der Waals surface area contributed by atoms with Crippen molar-refractivity contribution in [1.29, 1.82) is 0 Å². The lowest BCUT2D eigenvalue weighted by Crippen LogP contribution is -2.14. The molecule has 0 aliphatic heterocycles. The maximum Gasteiger partial charge on any atom is 0.358 e. The van der Waals surface area contributed by atoms with Gasteiger partial charge in [0.25, 0.3) is 0 Å². The summed E-state index contributed by atoms with van der Waals surface area (Å²) >= 11 is 5.90. The van der Waals surface area contributed by atoms with E-state index in [2.05, 4.69) is 9.97 Å². The number of halogens is 1. The van der Waals surface area contributed by atoms with Gasteiger partial charge in [-0.25, -0.2) is 14.8 Å². The van der Waals surface area contributed by atoms with Gasteiger partial charge in [0.15, 0.2) is 5.69 Å². The van der Waals surface area contributed by atoms with Gasteiger partial charge in [0.1, 0.15) is 12.4 Å². The van der Waals surface area contributed by atoms with E-state index >= 15 is 0 Å². The largest absolute Gasteiger partial charge is 0.458 e. The number of rotatable bonds is 7. The normalized spacial score (nSPS) is 10.8. The molecule has 19 heavy (non-hydrogen) atoms. The molecule has 0 atom stereocenters. The Balaban J connectivity index is 2.58. The summed E-state index contributed by atoms with van der Waals surface area (Å²) in [6, 6.07) is 0. The van der Waals surface area contributed by atoms with Crippen molar-refractivity contribution in [2.24, 2.45) is 0 Å². The van der Waals surface area contributed by atoms with E-state index in [4.69, 9.17) is 21.1 Å². The Morgan fingerprint density at radius 2 is 2.11 bits per heavy atom. The number of carbonyl (C=O) groups excluding carboxylic acids is 1. The third-order valence-electron chi connectivity index (χ3n) is 2.28. The Morgan fingerprint density at radius 3 is 2.74 bits per heavy atom. The number of ether oxygens (including phenoxy) is 2. The average Bonchev–Trinajstić information content (AvgIpc) is 2.38. The molecule has 0 aromatic carbocycles. The van der Waals surface area contributed by atoms with Crippen LogP contribution >= 0.6 is 11.6 Å². The lowest BCUT2D eigenvalue weighted by atomic mass is 10.2. The molecule has 0 radical (unpaired) electrons. The smallest absolute Gasteiger partial charge is 0.358 e. The van der Waals surface area contributed by atoms with Crippen LogP contribution in [-0.4, -0.2) is 35.8 Å². The molecule has 0 spiro atoms. The second kappa shape index (κ2) is 8.07. The van der Waals surface area contributed by atoms with E-state index in [0.29, 0.717) is 19.0 Å². The summed E-state index contributed by atoms with van der Waals surface area (Å²) < 4.78 is 10.3. The molecule has 1 heterocycles. The highest BCUT2D eigenvalue weighted by molar-refractivity contribution is 6.33. The van der Waals surface area contributed by atoms with E-state index in [1.807, 2.05) is 20.8 Å². The lowest BCUT2D eigenvalue weighted by molar-refractivity contribution is 0.0312. The molecule has 1 rings (SSSR count). The fraction of sp³-hybridized carbons (Fsp3) is 0.615. The van der Waals surface area contributed by atoms with E-state index in [-0.39, 0.29) is 23.2 Å². The van der Waals surface area contributed by atoms with Crippen molar-refractivity contribution in [2.45, 2.75) is 33.1 Å². The van der Waals surface area contributed by atoms with Crippen LogP contribution in [0.25, 0.3) is 0 Å². The zero-order chi connectivity index (χ0) is 14.3. The Hall–Kier alpha value is -1.20. The molecule has 0 bridgehead atoms. The summed E-state index contributed by atoms with van der Waals surface area (Å²) in [5.74, 6) is 0.143. The first-order valence-electron chi connectivity index (χ1n) is 6.33. The molecule has 1 aromatic heterocycles. The molecule has 5 nitrogen and oxygen atoms in total. The topological polar surface area (TPSA) is 61.3 Å². The van der Waals surface area contributed by atoms with Crippen LogP contribution in [0, 0.1) is 0 Å². The number of hydrogen-bond acceptors (Lipinski definition) is 5. The molecule has 0 aliphatic rings. The molecule has 106 valence electrons. The Labute approximate surface area is 118 Å². The molecule has 0 fully saturated rings. The van der Waals surface area contributed by atoms with E-state index in [0.717, 1.165) is 6.42 Å². The van der Waals surface area contributed by atoms with Gasteiger partial charge < -0.3 is 9.47 Å². The van der Waals surface area contributed by atoms with Crippen LogP contribution in [0.5, 0.6) is 0 Å². The zero-order valence-electron chi connectivity index (χ0n) is 11.5. The van der Waals surface area contributed by atoms with Gasteiger partial charge in [0.05, 0.1) is 17.8 Å². The number of nitrogens with zero attached hydrogens (tertiary/aromatic N) is 2. The molecule has 0 amide bonds. The predicted molar refractivity (Wildman–Crippen MR) is 72.5 cm³/mol. The highest BCUT2D eigenvalue weighted by Crippen LogP contribution is 2.17. The number of esters is 1. The van der Waals surface area contributed by atoms with Crippen LogP contribution < -0.4 is 0 Å². The summed E-state index contributed by atoms with van der Waals surface area (Å²) in [4.78, 5) is 20.0. The first-order valence-corrected chi connectivity index (χ1v) is 6.71. The summed E-state index contributed by atoms with van der Waals surface area (Å²) in [6.07, 6.45) is 2.36. The minimum absolute atomic E-state index is 0.107. The van der Waals surface area contributed by atoms with Gasteiger partial charge in [-0.1, -0.05) is 32.4 Å². The van der Waals surface area contributed by atoms with Crippen LogP contribution in [0.3, 0.4) is 0 Å². The second-order valence-electron chi connectivity index (χ2n) is 4.33. The molecule has 0 unspecified atom stereocenters. The van der Waals surface area contributed by atoms with Gasteiger partial charge in [-0.2, -0.15) is 0 Å². The second-order valence-corrected chi connectivity index (χ2v) is 4.73. The Kier molecular flexibility index (Phi) is 6.73. The zero-order valence-corrected chi connectivity index (χ0v) is 12.2. The Bertz CT molecular complexity index is 424. The van der Waals surface area contributed by atoms with Crippen molar-refractivity contribution in [3.05, 3.63) is 22.7 Å². The van der Waals surface area contributed by atoms with Crippen LogP contribution in [0.15, 0.2) is 6.20 Å². The highest BCUT2D eigenvalue weighted by Gasteiger charge is 2.16. The molecular weight excluding hydrogens is 268 g/mol. The lowest BCUT2D eigenvalue weighted by Gasteiger charge is -2.08. The molecule has 0 saturated carbocycles. The van der Waals surface area contributed by atoms with Crippen molar-refractivity contribution in [3.8, 4) is 0 Å². The summed E-state index contributed by atoms with van der Waals surface area (Å²) in [5, 5.41) is 0.198. The maximum atomic E-state index is 11.8. The van der Waals surface area contributed by atoms with Crippen LogP contribution in [-0.2, 0) is 9.47 Å². The van der Waals surface area contributed by atoms with Gasteiger partial charge in [-0.05, 0) is 6.42 Å². The third kappa shape index (κ3) is 5.12. The van der Waals surface area contributed by atoms with Crippen LogP contribution in [0.2, 0.25) is 5.02 Å². The van der Waals surface area contributed by atoms with Crippen LogP contribution in [0.4, 0.5) is 0 Å². The van der Waals surface area contributed by atoms with Crippen molar-refractivity contribution in [2.75, 3.05) is 19.8 Å². The fourth-order valence-corrected chi connectivity index (χ4v) is 1.48. The van der Waals surface area contributed by atoms with Gasteiger partial charge in [0.2, 0.25) is 0 Å². The van der Waals surface area contributed by atoms with Gasteiger partial charge in [-0.15, -0.1) is 0 Å². The predicted octanol–water partition coefficient (Wildman–Crippen LogP) is 2.84. The molecule has 1 aromatic rings. The maximum absolute atomic E-state index is 11.8. The standard InChI is InChI=1S/C13H19ClN2O3/c1-4-5-18-6-7-19-13(17)11-10(14)8-15-12(16-11)9(2)3/h8-9H,4-7H2,1-3H3. The van der Waals surface area contributed by atoms with E-state index < -0.39 is 5.97 Å². The monoisotopic (exact) mass is 286 g/mol. The van der Waals surface area contributed by atoms with E-state index in [9.17, 15) is 4.79 Å². The molecule has 0 aliphatic carbocycles. The summed E-state index contributed by atoms with van der Waals surface area (Å²) in [5.41, 5.74) is 0.107. The minimum atomic E-state index is -0.547. The first-order chi connectivity index (χ1) is 9.06. The highest BCUT2D eigenvalue weighted by atomic mass is 35.5. The quantitative estimate of drug-likeness (QED) is 0.570. The van der Waals surface area contributed by atoms with Gasteiger partial charge >= 0.3 is 5.97 Å². The molecule has 0 N–H and O–H groups in total. The van der Waals surface area contributed by atoms with Crippen molar-refractivity contribution >= 4 is 17.6 Å². The van der Waals surface area contributed by atoms with Crippen molar-refractivity contribution in [3.63, 3.8) is 0 Å². The summed E-state index contributed by atoms with van der Waals surface area (Å²) in [6.45, 7) is 7.12. The molecular formula is C13H19ClN2O3. The number of hydrogen-bond donors (Lipinski definition) is 0. The number of carbonyl (C=O) groups is 1. The SMILES string of the molecule is CCCOCCOC(=O)c1nc(C(C)C)ncc1Cl. The van der Waals surface area contributed by atoms with E-state index in [1.54, 1.807) is 0 Å². The minimum Gasteiger partial charge on any atom is -0.458 e. The van der Waals surface area contributed by atoms with Crippen LogP contribution in [0.1, 0.15) is 49.4 Å². The third-order valence-corrected chi connectivity index (χ3v) is 2.56. The van der Waals surface area contributed by atoms with Gasteiger partial charge in [0, 0.05) is 12.5 Å². The van der Waals surface area contributed by atoms with Crippen molar-refractivity contribution in [1.82, 2.24) is 9.97 Å². The summed E-state index contributed by atoms with van der Waals surface area (Å²) in [7, 11) is 0. The molecule has 0 saturated heterocycles. The first kappa shape index (κ1) is 15.9. The van der Waals surface area contributed by atoms with Crippen molar-refractivity contribution < 1.29 is 14.3 Å².